The summed E-state index contributed by atoms with van der Waals surface area (Å²) in [5.41, 5.74) is -0.862. The number of nitro groups is 1. The van der Waals surface area contributed by atoms with E-state index in [1.165, 1.54) is 12.1 Å². The molecule has 0 heterocycles. The Morgan fingerprint density at radius 1 is 1.20 bits per heavy atom. The molecule has 1 aromatic rings. The van der Waals surface area contributed by atoms with E-state index >= 15 is 0 Å². The summed E-state index contributed by atoms with van der Waals surface area (Å²) in [5, 5.41) is 10.6. The number of ether oxygens (including phenoxy) is 1. The lowest BCUT2D eigenvalue weighted by Crippen LogP contribution is -2.45. The molecule has 1 rings (SSSR count). The molecule has 0 radical (unpaired) electrons. The molecule has 0 aliphatic heterocycles. The number of carbonyl (C=O) groups is 1. The number of esters is 1. The van der Waals surface area contributed by atoms with Crippen molar-refractivity contribution in [1.82, 2.24) is 0 Å². The van der Waals surface area contributed by atoms with E-state index in [4.69, 9.17) is 0 Å². The van der Waals surface area contributed by atoms with Gasteiger partial charge < -0.3 is 4.74 Å². The van der Waals surface area contributed by atoms with Crippen LogP contribution in [0.4, 0.5) is 27.6 Å². The summed E-state index contributed by atoms with van der Waals surface area (Å²) in [6.07, 6.45) is -6.09. The molecule has 0 fully saturated rings. The molecule has 1 aromatic carbocycles. The molecule has 0 saturated carbocycles. The van der Waals surface area contributed by atoms with Crippen LogP contribution in [0.1, 0.15) is 5.56 Å². The van der Waals surface area contributed by atoms with Gasteiger partial charge in [-0.2, -0.15) is 22.0 Å². The lowest BCUT2D eigenvalue weighted by molar-refractivity contribution is -0.385. The summed E-state index contributed by atoms with van der Waals surface area (Å²) in [7, 11) is 0. The number of halogens is 5. The number of alkyl halides is 5. The third-order valence-corrected chi connectivity index (χ3v) is 2.16. The Kier molecular flexibility index (Phi) is 4.26. The standard InChI is InChI=1S/C10H6F5NO4/c11-9(12,10(13,14)15)8(17)20-5-6-3-1-2-4-7(6)16(18)19/h1-4H,5H2. The number of benzene rings is 1. The van der Waals surface area contributed by atoms with Crippen LogP contribution in [-0.4, -0.2) is 23.0 Å². The van der Waals surface area contributed by atoms with Gasteiger partial charge in [-0.1, -0.05) is 12.1 Å². The maximum absolute atomic E-state index is 12.6. The molecular formula is C10H6F5NO4. The van der Waals surface area contributed by atoms with Crippen LogP contribution in [0.3, 0.4) is 0 Å². The maximum Gasteiger partial charge on any atom is 0.465 e. The topological polar surface area (TPSA) is 69.4 Å². The Balaban J connectivity index is 2.84. The fourth-order valence-electron chi connectivity index (χ4n) is 1.16. The lowest BCUT2D eigenvalue weighted by atomic mass is 10.2. The second kappa shape index (κ2) is 5.39. The number of rotatable bonds is 4. The van der Waals surface area contributed by atoms with Crippen LogP contribution in [0.15, 0.2) is 24.3 Å². The van der Waals surface area contributed by atoms with Gasteiger partial charge in [0, 0.05) is 6.07 Å². The third-order valence-electron chi connectivity index (χ3n) is 2.16. The lowest BCUT2D eigenvalue weighted by Gasteiger charge is -2.17. The van der Waals surface area contributed by atoms with Crippen LogP contribution >= 0.6 is 0 Å². The molecule has 0 unspecified atom stereocenters. The van der Waals surface area contributed by atoms with E-state index in [2.05, 4.69) is 4.74 Å². The first-order chi connectivity index (χ1) is 9.07. The third kappa shape index (κ3) is 3.19. The van der Waals surface area contributed by atoms with Gasteiger partial charge in [-0.15, -0.1) is 0 Å². The predicted molar refractivity (Wildman–Crippen MR) is 53.9 cm³/mol. The van der Waals surface area contributed by atoms with Crippen molar-refractivity contribution in [2.45, 2.75) is 18.7 Å². The molecule has 0 aromatic heterocycles. The molecule has 10 heteroatoms. The highest BCUT2D eigenvalue weighted by molar-refractivity contribution is 5.78. The van der Waals surface area contributed by atoms with Gasteiger partial charge in [0.2, 0.25) is 0 Å². The van der Waals surface area contributed by atoms with Gasteiger partial charge in [-0.3, -0.25) is 10.1 Å². The Bertz CT molecular complexity index is 529. The van der Waals surface area contributed by atoms with E-state index < -0.39 is 35.3 Å². The average Bonchev–Trinajstić information content (AvgIpc) is 2.34. The van der Waals surface area contributed by atoms with Crippen LogP contribution in [-0.2, 0) is 16.1 Å². The minimum absolute atomic E-state index is 0.302. The molecule has 0 atom stereocenters. The van der Waals surface area contributed by atoms with Crippen molar-refractivity contribution in [3.05, 3.63) is 39.9 Å². The molecule has 5 nitrogen and oxygen atoms in total. The Labute approximate surface area is 108 Å². The van der Waals surface area contributed by atoms with Gasteiger partial charge in [0.15, 0.2) is 0 Å². The fourth-order valence-corrected chi connectivity index (χ4v) is 1.16. The minimum Gasteiger partial charge on any atom is -0.456 e. The summed E-state index contributed by atoms with van der Waals surface area (Å²) in [5.74, 6) is -8.49. The molecule has 110 valence electrons. The first kappa shape index (κ1) is 15.8. The highest BCUT2D eigenvalue weighted by Gasteiger charge is 2.64. The van der Waals surface area contributed by atoms with E-state index in [9.17, 15) is 36.9 Å². The number of para-hydroxylation sites is 1. The highest BCUT2D eigenvalue weighted by Crippen LogP contribution is 2.36. The highest BCUT2D eigenvalue weighted by atomic mass is 19.4. The summed E-state index contributed by atoms with van der Waals surface area (Å²) < 4.78 is 64.5. The molecular weight excluding hydrogens is 293 g/mol. The summed E-state index contributed by atoms with van der Waals surface area (Å²) >= 11 is 0. The van der Waals surface area contributed by atoms with E-state index in [-0.39, 0.29) is 5.56 Å². The number of hydrogen-bond donors (Lipinski definition) is 0. The zero-order valence-electron chi connectivity index (χ0n) is 9.49. The maximum atomic E-state index is 12.6. The second-order valence-electron chi connectivity index (χ2n) is 3.53. The predicted octanol–water partition coefficient (Wildman–Crippen LogP) is 2.84. The number of nitrogens with zero attached hydrogens (tertiary/aromatic N) is 1. The van der Waals surface area contributed by atoms with Crippen LogP contribution in [0, 0.1) is 10.1 Å². The van der Waals surface area contributed by atoms with Crippen molar-refractivity contribution >= 4 is 11.7 Å². The molecule has 0 amide bonds. The molecule has 0 bridgehead atoms. The molecule has 0 aliphatic carbocycles. The smallest absolute Gasteiger partial charge is 0.456 e. The second-order valence-corrected chi connectivity index (χ2v) is 3.53. The van der Waals surface area contributed by atoms with E-state index in [0.717, 1.165) is 12.1 Å². The zero-order chi connectivity index (χ0) is 15.6. The molecule has 0 spiro atoms. The van der Waals surface area contributed by atoms with Crippen molar-refractivity contribution in [1.29, 1.82) is 0 Å². The van der Waals surface area contributed by atoms with Crippen LogP contribution in [0.5, 0.6) is 0 Å². The monoisotopic (exact) mass is 299 g/mol. The Morgan fingerprint density at radius 2 is 1.75 bits per heavy atom. The summed E-state index contributed by atoms with van der Waals surface area (Å²) in [6, 6.07) is 4.59. The molecule has 20 heavy (non-hydrogen) atoms. The van der Waals surface area contributed by atoms with Crippen molar-refractivity contribution in [2.75, 3.05) is 0 Å². The van der Waals surface area contributed by atoms with Gasteiger partial charge in [-0.05, 0) is 6.07 Å². The quantitative estimate of drug-likeness (QED) is 0.371. The van der Waals surface area contributed by atoms with E-state index in [1.807, 2.05) is 0 Å². The normalized spacial score (nSPS) is 12.1. The Morgan fingerprint density at radius 3 is 2.25 bits per heavy atom. The van der Waals surface area contributed by atoms with E-state index in [0.29, 0.717) is 0 Å². The van der Waals surface area contributed by atoms with Gasteiger partial charge in [0.25, 0.3) is 5.69 Å². The molecule has 0 saturated heterocycles. The van der Waals surface area contributed by atoms with Crippen molar-refractivity contribution < 1.29 is 36.4 Å². The fraction of sp³-hybridized carbons (Fsp3) is 0.300. The van der Waals surface area contributed by atoms with Crippen LogP contribution in [0.2, 0.25) is 0 Å². The van der Waals surface area contributed by atoms with Gasteiger partial charge in [-0.25, -0.2) is 4.79 Å². The summed E-state index contributed by atoms with van der Waals surface area (Å²) in [4.78, 5) is 20.4. The number of nitro benzene ring substituents is 1. The zero-order valence-corrected chi connectivity index (χ0v) is 9.49. The first-order valence-electron chi connectivity index (χ1n) is 4.91. The largest absolute Gasteiger partial charge is 0.465 e. The molecule has 0 N–H and O–H groups in total. The van der Waals surface area contributed by atoms with Crippen LogP contribution in [0.25, 0.3) is 0 Å². The average molecular weight is 299 g/mol. The Hall–Kier alpha value is -2.26. The van der Waals surface area contributed by atoms with Crippen molar-refractivity contribution in [3.8, 4) is 0 Å². The van der Waals surface area contributed by atoms with Gasteiger partial charge in [0.1, 0.15) is 6.61 Å². The number of carbonyl (C=O) groups excluding carboxylic acids is 1. The summed E-state index contributed by atoms with van der Waals surface area (Å²) in [6.45, 7) is -1.07. The van der Waals surface area contributed by atoms with E-state index in [1.54, 1.807) is 0 Å². The molecule has 0 aliphatic rings. The van der Waals surface area contributed by atoms with Crippen molar-refractivity contribution in [3.63, 3.8) is 0 Å². The van der Waals surface area contributed by atoms with Gasteiger partial charge in [0.05, 0.1) is 10.5 Å². The minimum atomic E-state index is -6.09. The van der Waals surface area contributed by atoms with Gasteiger partial charge >= 0.3 is 18.1 Å². The van der Waals surface area contributed by atoms with Crippen LogP contribution < -0.4 is 0 Å². The first-order valence-corrected chi connectivity index (χ1v) is 4.91. The van der Waals surface area contributed by atoms with Crippen molar-refractivity contribution in [2.24, 2.45) is 0 Å². The number of hydrogen-bond acceptors (Lipinski definition) is 4. The SMILES string of the molecule is O=C(OCc1ccccc1[N+](=O)[O-])C(F)(F)C(F)(F)F.